The maximum Gasteiger partial charge on any atom is 0.205 e. The minimum absolute atomic E-state index is 0.588. The van der Waals surface area contributed by atoms with Crippen LogP contribution in [0.2, 0.25) is 0 Å². The Labute approximate surface area is 185 Å². The van der Waals surface area contributed by atoms with Crippen molar-refractivity contribution in [2.75, 3.05) is 0 Å². The van der Waals surface area contributed by atoms with E-state index in [1.807, 2.05) is 18.2 Å². The van der Waals surface area contributed by atoms with Crippen molar-refractivity contribution >= 4 is 11.0 Å². The van der Waals surface area contributed by atoms with Crippen LogP contribution in [0.3, 0.4) is 0 Å². The van der Waals surface area contributed by atoms with E-state index in [-0.39, 0.29) is 0 Å². The van der Waals surface area contributed by atoms with E-state index >= 15 is 0 Å². The van der Waals surface area contributed by atoms with E-state index in [9.17, 15) is 0 Å². The molecule has 8 nitrogen and oxygen atoms in total. The van der Waals surface area contributed by atoms with Gasteiger partial charge in [-0.05, 0) is 41.7 Å². The summed E-state index contributed by atoms with van der Waals surface area (Å²) in [6.45, 7) is 6.98. The number of aryl methyl sites for hydroxylation is 3. The topological polar surface area (TPSA) is 98.1 Å². The quantitative estimate of drug-likeness (QED) is 0.440. The third-order valence-corrected chi connectivity index (χ3v) is 5.79. The molecule has 0 amide bonds. The van der Waals surface area contributed by atoms with Crippen LogP contribution in [-0.4, -0.2) is 40.4 Å². The van der Waals surface area contributed by atoms with Gasteiger partial charge in [-0.1, -0.05) is 62.4 Å². The zero-order valence-corrected chi connectivity index (χ0v) is 18.4. The van der Waals surface area contributed by atoms with E-state index < -0.39 is 0 Å². The SMILES string of the molecule is CCc1nnc(CC)c2c1nc(C)n2Cc1ccc(-c2ccccc2-c2nn[nH]n2)cc1. The molecular weight excluding hydrogens is 400 g/mol. The summed E-state index contributed by atoms with van der Waals surface area (Å²) in [6, 6.07) is 16.7. The molecule has 0 saturated carbocycles. The molecule has 32 heavy (non-hydrogen) atoms. The first-order valence-corrected chi connectivity index (χ1v) is 10.8. The van der Waals surface area contributed by atoms with E-state index in [0.717, 1.165) is 64.3 Å². The van der Waals surface area contributed by atoms with Crippen molar-refractivity contribution in [3.05, 3.63) is 71.3 Å². The molecule has 3 heterocycles. The first-order valence-electron chi connectivity index (χ1n) is 10.8. The lowest BCUT2D eigenvalue weighted by Gasteiger charge is -2.11. The summed E-state index contributed by atoms with van der Waals surface area (Å²) in [4.78, 5) is 4.83. The molecule has 0 aliphatic rings. The Hall–Kier alpha value is -3.94. The van der Waals surface area contributed by atoms with Crippen LogP contribution in [0.25, 0.3) is 33.5 Å². The molecule has 3 aromatic heterocycles. The molecule has 0 bridgehead atoms. The highest BCUT2D eigenvalue weighted by Gasteiger charge is 2.17. The number of imidazole rings is 1. The number of nitrogens with one attached hydrogen (secondary N) is 1. The fraction of sp³-hybridized carbons (Fsp3) is 0.250. The van der Waals surface area contributed by atoms with Gasteiger partial charge in [0.25, 0.3) is 0 Å². The van der Waals surface area contributed by atoms with Crippen LogP contribution in [0.5, 0.6) is 0 Å². The monoisotopic (exact) mass is 424 g/mol. The van der Waals surface area contributed by atoms with Crippen molar-refractivity contribution in [1.82, 2.24) is 40.4 Å². The van der Waals surface area contributed by atoms with Crippen LogP contribution in [-0.2, 0) is 19.4 Å². The van der Waals surface area contributed by atoms with Gasteiger partial charge in [0.2, 0.25) is 5.82 Å². The second kappa shape index (κ2) is 8.30. The third kappa shape index (κ3) is 3.43. The van der Waals surface area contributed by atoms with Gasteiger partial charge in [-0.15, -0.1) is 10.2 Å². The number of hydrogen-bond donors (Lipinski definition) is 1. The van der Waals surface area contributed by atoms with Crippen molar-refractivity contribution in [1.29, 1.82) is 0 Å². The molecule has 8 heteroatoms. The maximum atomic E-state index is 4.83. The highest BCUT2D eigenvalue weighted by molar-refractivity contribution is 5.81. The smallest absolute Gasteiger partial charge is 0.205 e. The number of fused-ring (bicyclic) bond motifs is 1. The summed E-state index contributed by atoms with van der Waals surface area (Å²) in [7, 11) is 0. The molecule has 0 spiro atoms. The number of benzene rings is 2. The standard InChI is InChI=1S/C24H24N8/c1-4-20-22-23(21(5-2)27-26-20)32(15(3)25-22)14-16-10-12-17(13-11-16)18-8-6-7-9-19(18)24-28-30-31-29-24/h6-13H,4-5,14H2,1-3H3,(H,28,29,30,31). The number of aromatic amines is 1. The molecule has 2 aromatic carbocycles. The summed E-state index contributed by atoms with van der Waals surface area (Å²) < 4.78 is 2.25. The van der Waals surface area contributed by atoms with Gasteiger partial charge < -0.3 is 4.57 Å². The lowest BCUT2D eigenvalue weighted by atomic mass is 9.98. The third-order valence-electron chi connectivity index (χ3n) is 5.79. The molecule has 5 rings (SSSR count). The van der Waals surface area contributed by atoms with Gasteiger partial charge in [0.05, 0.1) is 16.9 Å². The molecule has 0 atom stereocenters. The normalized spacial score (nSPS) is 11.3. The Kier molecular flexibility index (Phi) is 5.18. The van der Waals surface area contributed by atoms with Crippen LogP contribution in [0.1, 0.15) is 36.6 Å². The summed E-state index contributed by atoms with van der Waals surface area (Å²) in [5.74, 6) is 1.57. The first kappa shape index (κ1) is 20.0. The largest absolute Gasteiger partial charge is 0.322 e. The number of tetrazole rings is 1. The summed E-state index contributed by atoms with van der Waals surface area (Å²) in [5.41, 5.74) is 8.34. The average Bonchev–Trinajstić information content (AvgIpc) is 3.48. The molecule has 0 aliphatic heterocycles. The highest BCUT2D eigenvalue weighted by Crippen LogP contribution is 2.30. The molecule has 0 aliphatic carbocycles. The van der Waals surface area contributed by atoms with Gasteiger partial charge in [0.1, 0.15) is 11.3 Å². The van der Waals surface area contributed by atoms with Crippen molar-refractivity contribution in [2.24, 2.45) is 0 Å². The summed E-state index contributed by atoms with van der Waals surface area (Å²) in [6.07, 6.45) is 1.64. The Morgan fingerprint density at radius 1 is 0.844 bits per heavy atom. The Morgan fingerprint density at radius 2 is 1.56 bits per heavy atom. The van der Waals surface area contributed by atoms with Crippen molar-refractivity contribution in [3.8, 4) is 22.5 Å². The number of hydrogen-bond acceptors (Lipinski definition) is 6. The lowest BCUT2D eigenvalue weighted by molar-refractivity contribution is 0.774. The van der Waals surface area contributed by atoms with Crippen LogP contribution in [0, 0.1) is 6.92 Å². The Balaban J connectivity index is 1.51. The van der Waals surface area contributed by atoms with Gasteiger partial charge in [0.15, 0.2) is 0 Å². The first-order chi connectivity index (χ1) is 15.7. The molecule has 0 saturated heterocycles. The molecule has 1 N–H and O–H groups in total. The van der Waals surface area contributed by atoms with Crippen LogP contribution in [0.15, 0.2) is 48.5 Å². The maximum absolute atomic E-state index is 4.83. The molecule has 160 valence electrons. The predicted octanol–water partition coefficient (Wildman–Crippen LogP) is 4.15. The zero-order valence-electron chi connectivity index (χ0n) is 18.4. The van der Waals surface area contributed by atoms with E-state index in [1.165, 1.54) is 5.56 Å². The molecular formula is C24H24N8. The number of aromatic nitrogens is 8. The zero-order chi connectivity index (χ0) is 22.1. The lowest BCUT2D eigenvalue weighted by Crippen LogP contribution is -2.06. The van der Waals surface area contributed by atoms with Gasteiger partial charge in [-0.2, -0.15) is 15.4 Å². The van der Waals surface area contributed by atoms with Gasteiger partial charge >= 0.3 is 0 Å². The van der Waals surface area contributed by atoms with Gasteiger partial charge in [-0.3, -0.25) is 0 Å². The summed E-state index contributed by atoms with van der Waals surface area (Å²) >= 11 is 0. The predicted molar refractivity (Wildman–Crippen MR) is 123 cm³/mol. The van der Waals surface area contributed by atoms with Crippen LogP contribution in [0.4, 0.5) is 0 Å². The minimum atomic E-state index is 0.588. The van der Waals surface area contributed by atoms with Gasteiger partial charge in [0, 0.05) is 12.1 Å². The van der Waals surface area contributed by atoms with E-state index in [0.29, 0.717) is 5.82 Å². The second-order valence-corrected chi connectivity index (χ2v) is 7.72. The Morgan fingerprint density at radius 3 is 2.25 bits per heavy atom. The van der Waals surface area contributed by atoms with Crippen molar-refractivity contribution < 1.29 is 0 Å². The van der Waals surface area contributed by atoms with Crippen LogP contribution >= 0.6 is 0 Å². The highest BCUT2D eigenvalue weighted by atomic mass is 15.5. The van der Waals surface area contributed by atoms with E-state index in [4.69, 9.17) is 4.98 Å². The van der Waals surface area contributed by atoms with Gasteiger partial charge in [-0.25, -0.2) is 4.98 Å². The van der Waals surface area contributed by atoms with Crippen molar-refractivity contribution in [3.63, 3.8) is 0 Å². The number of nitrogens with zero attached hydrogens (tertiary/aromatic N) is 7. The molecule has 0 radical (unpaired) electrons. The second-order valence-electron chi connectivity index (χ2n) is 7.72. The Bertz CT molecular complexity index is 1370. The molecule has 5 aromatic rings. The fourth-order valence-electron chi connectivity index (χ4n) is 4.12. The summed E-state index contributed by atoms with van der Waals surface area (Å²) in [5, 5.41) is 23.4. The number of H-pyrrole nitrogens is 1. The number of rotatable bonds is 6. The minimum Gasteiger partial charge on any atom is -0.322 e. The molecule has 0 fully saturated rings. The van der Waals surface area contributed by atoms with Crippen LogP contribution < -0.4 is 0 Å². The van der Waals surface area contributed by atoms with Crippen molar-refractivity contribution in [2.45, 2.75) is 40.2 Å². The molecule has 0 unspecified atom stereocenters. The van der Waals surface area contributed by atoms with E-state index in [1.54, 1.807) is 0 Å². The average molecular weight is 425 g/mol. The fourth-order valence-corrected chi connectivity index (χ4v) is 4.12. The van der Waals surface area contributed by atoms with E-state index in [2.05, 4.69) is 86.5 Å².